The SMILES string of the molecule is Cc1scc(C(=O)NC(C)C(=O)O)c1C. The van der Waals surface area contributed by atoms with Crippen LogP contribution in [0.4, 0.5) is 0 Å². The molecule has 1 rings (SSSR count). The summed E-state index contributed by atoms with van der Waals surface area (Å²) in [6, 6.07) is -0.864. The molecule has 0 saturated heterocycles. The molecule has 1 aromatic heterocycles. The Bertz CT molecular complexity index is 397. The highest BCUT2D eigenvalue weighted by Gasteiger charge is 2.17. The van der Waals surface area contributed by atoms with E-state index in [4.69, 9.17) is 5.11 Å². The molecule has 5 heteroatoms. The Labute approximate surface area is 91.9 Å². The van der Waals surface area contributed by atoms with E-state index < -0.39 is 12.0 Å². The van der Waals surface area contributed by atoms with Crippen LogP contribution < -0.4 is 5.32 Å². The standard InChI is InChI=1S/C10H13NO3S/c1-5-7(3)15-4-8(5)9(12)11-6(2)10(13)14/h4,6H,1-3H3,(H,11,12)(H,13,14). The van der Waals surface area contributed by atoms with Crippen molar-refractivity contribution in [1.29, 1.82) is 0 Å². The number of thiophene rings is 1. The van der Waals surface area contributed by atoms with E-state index in [0.29, 0.717) is 5.56 Å². The van der Waals surface area contributed by atoms with E-state index >= 15 is 0 Å². The van der Waals surface area contributed by atoms with E-state index in [2.05, 4.69) is 5.32 Å². The number of amides is 1. The van der Waals surface area contributed by atoms with Gasteiger partial charge in [0, 0.05) is 10.3 Å². The van der Waals surface area contributed by atoms with Gasteiger partial charge in [0.05, 0.1) is 5.56 Å². The van der Waals surface area contributed by atoms with E-state index in [0.717, 1.165) is 10.4 Å². The number of carbonyl (C=O) groups is 2. The van der Waals surface area contributed by atoms with Crippen molar-refractivity contribution in [3.05, 3.63) is 21.4 Å². The monoisotopic (exact) mass is 227 g/mol. The molecule has 2 N–H and O–H groups in total. The molecule has 82 valence electrons. The average molecular weight is 227 g/mol. The fourth-order valence-corrected chi connectivity index (χ4v) is 1.94. The molecule has 0 aromatic carbocycles. The third kappa shape index (κ3) is 2.56. The van der Waals surface area contributed by atoms with E-state index in [1.807, 2.05) is 13.8 Å². The molecule has 15 heavy (non-hydrogen) atoms. The second-order valence-electron chi connectivity index (χ2n) is 3.36. The minimum absolute atomic E-state index is 0.327. The topological polar surface area (TPSA) is 66.4 Å². The third-order valence-electron chi connectivity index (χ3n) is 2.25. The zero-order valence-corrected chi connectivity index (χ0v) is 9.64. The highest BCUT2D eigenvalue weighted by Crippen LogP contribution is 2.20. The molecule has 1 aromatic rings. The van der Waals surface area contributed by atoms with Gasteiger partial charge in [0.1, 0.15) is 6.04 Å². The molecular formula is C10H13NO3S. The molecule has 0 fully saturated rings. The van der Waals surface area contributed by atoms with Gasteiger partial charge in [-0.3, -0.25) is 9.59 Å². The van der Waals surface area contributed by atoms with Gasteiger partial charge < -0.3 is 10.4 Å². The van der Waals surface area contributed by atoms with Crippen LogP contribution in [-0.2, 0) is 4.79 Å². The van der Waals surface area contributed by atoms with Gasteiger partial charge in [-0.2, -0.15) is 0 Å². The van der Waals surface area contributed by atoms with Crippen molar-refractivity contribution >= 4 is 23.2 Å². The molecule has 1 unspecified atom stereocenters. The van der Waals surface area contributed by atoms with Crippen LogP contribution in [-0.4, -0.2) is 23.0 Å². The number of nitrogens with one attached hydrogen (secondary N) is 1. The molecule has 1 amide bonds. The van der Waals surface area contributed by atoms with Crippen molar-refractivity contribution < 1.29 is 14.7 Å². The Morgan fingerprint density at radius 3 is 2.47 bits per heavy atom. The van der Waals surface area contributed by atoms with Crippen molar-refractivity contribution in [2.75, 3.05) is 0 Å². The van der Waals surface area contributed by atoms with Crippen LogP contribution in [0.5, 0.6) is 0 Å². The maximum absolute atomic E-state index is 11.6. The molecule has 0 radical (unpaired) electrons. The summed E-state index contributed by atoms with van der Waals surface area (Å²) in [7, 11) is 0. The molecule has 0 spiro atoms. The molecule has 0 aliphatic heterocycles. The van der Waals surface area contributed by atoms with Gasteiger partial charge in [-0.1, -0.05) is 0 Å². The number of carboxylic acids is 1. The number of aryl methyl sites for hydroxylation is 1. The summed E-state index contributed by atoms with van der Waals surface area (Å²) in [6.45, 7) is 5.22. The largest absolute Gasteiger partial charge is 0.480 e. The fraction of sp³-hybridized carbons (Fsp3) is 0.400. The lowest BCUT2D eigenvalue weighted by Crippen LogP contribution is -2.38. The normalized spacial score (nSPS) is 12.2. The summed E-state index contributed by atoms with van der Waals surface area (Å²) in [6.07, 6.45) is 0. The molecule has 0 bridgehead atoms. The summed E-state index contributed by atoms with van der Waals surface area (Å²) < 4.78 is 0. The van der Waals surface area contributed by atoms with Crippen LogP contribution in [0.1, 0.15) is 27.7 Å². The zero-order valence-electron chi connectivity index (χ0n) is 8.83. The van der Waals surface area contributed by atoms with Gasteiger partial charge in [-0.05, 0) is 26.3 Å². The number of carbonyl (C=O) groups excluding carboxylic acids is 1. The first kappa shape index (κ1) is 11.7. The fourth-order valence-electron chi connectivity index (χ4n) is 1.07. The zero-order chi connectivity index (χ0) is 11.6. The molecule has 1 atom stereocenters. The molecule has 0 aliphatic rings. The highest BCUT2D eigenvalue weighted by atomic mass is 32.1. The minimum atomic E-state index is -1.03. The smallest absolute Gasteiger partial charge is 0.325 e. The van der Waals surface area contributed by atoms with Crippen LogP contribution >= 0.6 is 11.3 Å². The van der Waals surface area contributed by atoms with E-state index in [1.165, 1.54) is 18.3 Å². The Balaban J connectivity index is 2.78. The molecule has 4 nitrogen and oxygen atoms in total. The maximum Gasteiger partial charge on any atom is 0.325 e. The summed E-state index contributed by atoms with van der Waals surface area (Å²) >= 11 is 1.49. The number of carboxylic acid groups (broad SMARTS) is 1. The first-order chi connectivity index (χ1) is 6.93. The molecule has 0 saturated carbocycles. The van der Waals surface area contributed by atoms with Crippen LogP contribution in [0, 0.1) is 13.8 Å². The first-order valence-corrected chi connectivity index (χ1v) is 5.39. The predicted molar refractivity (Wildman–Crippen MR) is 58.4 cm³/mol. The van der Waals surface area contributed by atoms with Gasteiger partial charge in [0.15, 0.2) is 0 Å². The van der Waals surface area contributed by atoms with Gasteiger partial charge >= 0.3 is 5.97 Å². The van der Waals surface area contributed by atoms with E-state index in [-0.39, 0.29) is 5.91 Å². The van der Waals surface area contributed by atoms with Gasteiger partial charge in [-0.15, -0.1) is 11.3 Å². The summed E-state index contributed by atoms with van der Waals surface area (Å²) in [5.74, 6) is -1.36. The second kappa shape index (κ2) is 4.44. The van der Waals surface area contributed by atoms with Crippen LogP contribution in [0.3, 0.4) is 0 Å². The molecule has 0 aliphatic carbocycles. The minimum Gasteiger partial charge on any atom is -0.480 e. The third-order valence-corrected chi connectivity index (χ3v) is 3.26. The Morgan fingerprint density at radius 2 is 2.07 bits per heavy atom. The van der Waals surface area contributed by atoms with Gasteiger partial charge in [0.25, 0.3) is 5.91 Å². The van der Waals surface area contributed by atoms with E-state index in [1.54, 1.807) is 5.38 Å². The van der Waals surface area contributed by atoms with Gasteiger partial charge in [0.2, 0.25) is 0 Å². The molecular weight excluding hydrogens is 214 g/mol. The van der Waals surface area contributed by atoms with Crippen LogP contribution in [0.2, 0.25) is 0 Å². The lowest BCUT2D eigenvalue weighted by Gasteiger charge is -2.08. The lowest BCUT2D eigenvalue weighted by atomic mass is 10.1. The van der Waals surface area contributed by atoms with Crippen molar-refractivity contribution in [3.8, 4) is 0 Å². The van der Waals surface area contributed by atoms with Gasteiger partial charge in [-0.25, -0.2) is 0 Å². The molecule has 1 heterocycles. The maximum atomic E-state index is 11.6. The summed E-state index contributed by atoms with van der Waals surface area (Å²) in [5.41, 5.74) is 1.47. The number of rotatable bonds is 3. The number of aliphatic carboxylic acids is 1. The first-order valence-electron chi connectivity index (χ1n) is 4.52. The van der Waals surface area contributed by atoms with Crippen molar-refractivity contribution in [3.63, 3.8) is 0 Å². The number of hydrogen-bond donors (Lipinski definition) is 2. The van der Waals surface area contributed by atoms with Crippen LogP contribution in [0.25, 0.3) is 0 Å². The Morgan fingerprint density at radius 1 is 1.47 bits per heavy atom. The summed E-state index contributed by atoms with van der Waals surface area (Å²) in [5, 5.41) is 12.8. The average Bonchev–Trinajstić information content (AvgIpc) is 2.47. The highest BCUT2D eigenvalue weighted by molar-refractivity contribution is 7.10. The van der Waals surface area contributed by atoms with Crippen molar-refractivity contribution in [2.45, 2.75) is 26.8 Å². The van der Waals surface area contributed by atoms with Crippen LogP contribution in [0.15, 0.2) is 5.38 Å². The van der Waals surface area contributed by atoms with Crippen molar-refractivity contribution in [1.82, 2.24) is 5.32 Å². The lowest BCUT2D eigenvalue weighted by molar-refractivity contribution is -0.138. The Hall–Kier alpha value is -1.36. The van der Waals surface area contributed by atoms with E-state index in [9.17, 15) is 9.59 Å². The number of hydrogen-bond acceptors (Lipinski definition) is 3. The quantitative estimate of drug-likeness (QED) is 0.823. The van der Waals surface area contributed by atoms with Crippen molar-refractivity contribution in [2.24, 2.45) is 0 Å². The Kier molecular flexibility index (Phi) is 3.47. The second-order valence-corrected chi connectivity index (χ2v) is 4.45. The predicted octanol–water partition coefficient (Wildman–Crippen LogP) is 1.57. The summed E-state index contributed by atoms with van der Waals surface area (Å²) in [4.78, 5) is 23.2.